The fourth-order valence-corrected chi connectivity index (χ4v) is 2.31. The number of hydrogen-bond acceptors (Lipinski definition) is 2. The number of hydrogen-bond donors (Lipinski definition) is 3. The van der Waals surface area contributed by atoms with E-state index in [1.165, 1.54) is 0 Å². The van der Waals surface area contributed by atoms with Crippen molar-refractivity contribution in [3.63, 3.8) is 0 Å². The molecule has 1 fully saturated rings. The van der Waals surface area contributed by atoms with Gasteiger partial charge < -0.3 is 15.5 Å². The molecule has 0 amide bonds. The van der Waals surface area contributed by atoms with Crippen LogP contribution in [-0.2, 0) is 4.57 Å². The highest BCUT2D eigenvalue weighted by Gasteiger charge is 2.61. The summed E-state index contributed by atoms with van der Waals surface area (Å²) in [6, 6.07) is 0. The van der Waals surface area contributed by atoms with Crippen LogP contribution in [0.3, 0.4) is 0 Å². The van der Waals surface area contributed by atoms with Gasteiger partial charge in [0.1, 0.15) is 5.28 Å². The van der Waals surface area contributed by atoms with Crippen LogP contribution >= 0.6 is 7.60 Å². The zero-order chi connectivity index (χ0) is 7.99. The van der Waals surface area contributed by atoms with Crippen LogP contribution in [0, 0.1) is 5.92 Å². The molecule has 1 saturated carbocycles. The van der Waals surface area contributed by atoms with E-state index in [0.29, 0.717) is 6.42 Å². The summed E-state index contributed by atoms with van der Waals surface area (Å²) in [4.78, 5) is 17.4. The summed E-state index contributed by atoms with van der Waals surface area (Å²) >= 11 is 0. The van der Waals surface area contributed by atoms with E-state index in [-0.39, 0.29) is 5.92 Å². The van der Waals surface area contributed by atoms with Gasteiger partial charge in [0.15, 0.2) is 0 Å². The molecule has 1 rings (SSSR count). The van der Waals surface area contributed by atoms with Gasteiger partial charge in [0.2, 0.25) is 0 Å². The zero-order valence-electron chi connectivity index (χ0n) is 5.82. The van der Waals surface area contributed by atoms with Crippen molar-refractivity contribution in [1.29, 1.82) is 0 Å². The van der Waals surface area contributed by atoms with Gasteiger partial charge >= 0.3 is 7.60 Å². The fraction of sp³-hybridized carbons (Fsp3) is 1.00. The maximum Gasteiger partial charge on any atom is 0.345 e. The third kappa shape index (κ3) is 1.01. The molecule has 0 aliphatic heterocycles. The third-order valence-electron chi connectivity index (χ3n) is 2.16. The molecule has 0 aromatic rings. The van der Waals surface area contributed by atoms with E-state index in [0.717, 1.165) is 6.42 Å². The van der Waals surface area contributed by atoms with Crippen molar-refractivity contribution in [3.8, 4) is 0 Å². The maximum atomic E-state index is 10.7. The van der Waals surface area contributed by atoms with Crippen LogP contribution in [0.2, 0.25) is 0 Å². The van der Waals surface area contributed by atoms with E-state index in [4.69, 9.17) is 15.5 Å². The summed E-state index contributed by atoms with van der Waals surface area (Å²) in [5.74, 6) is 0.0216. The monoisotopic (exact) mass is 165 g/mol. The van der Waals surface area contributed by atoms with Gasteiger partial charge in [0.25, 0.3) is 0 Å². The average Bonchev–Trinajstić information content (AvgIpc) is 2.41. The zero-order valence-corrected chi connectivity index (χ0v) is 6.71. The van der Waals surface area contributed by atoms with Crippen LogP contribution in [0.25, 0.3) is 0 Å². The molecule has 10 heavy (non-hydrogen) atoms. The molecule has 0 unspecified atom stereocenters. The van der Waals surface area contributed by atoms with Gasteiger partial charge in [-0.05, 0) is 12.3 Å². The largest absolute Gasteiger partial charge is 0.345 e. The molecule has 0 aromatic heterocycles. The molecule has 60 valence electrons. The van der Waals surface area contributed by atoms with Crippen molar-refractivity contribution in [2.75, 3.05) is 0 Å². The molecule has 0 bridgehead atoms. The smallest absolute Gasteiger partial charge is 0.323 e. The average molecular weight is 165 g/mol. The van der Waals surface area contributed by atoms with Crippen molar-refractivity contribution in [2.45, 2.75) is 25.0 Å². The summed E-state index contributed by atoms with van der Waals surface area (Å²) in [5, 5.41) is -1.18. The van der Waals surface area contributed by atoms with Crippen LogP contribution in [0.1, 0.15) is 19.8 Å². The van der Waals surface area contributed by atoms with Crippen molar-refractivity contribution in [2.24, 2.45) is 11.7 Å². The first-order valence-electron chi connectivity index (χ1n) is 3.26. The molecule has 0 heterocycles. The van der Waals surface area contributed by atoms with E-state index in [1.807, 2.05) is 6.92 Å². The summed E-state index contributed by atoms with van der Waals surface area (Å²) in [6.45, 7) is 1.88. The summed E-state index contributed by atoms with van der Waals surface area (Å²) in [7, 11) is -4.03. The van der Waals surface area contributed by atoms with Crippen molar-refractivity contribution in [1.82, 2.24) is 0 Å². The second-order valence-electron chi connectivity index (χ2n) is 2.84. The molecule has 1 aliphatic carbocycles. The lowest BCUT2D eigenvalue weighted by Crippen LogP contribution is -2.24. The highest BCUT2D eigenvalue weighted by Crippen LogP contribution is 2.65. The number of rotatable bonds is 2. The van der Waals surface area contributed by atoms with Gasteiger partial charge in [-0.1, -0.05) is 13.3 Å². The van der Waals surface area contributed by atoms with Gasteiger partial charge in [-0.25, -0.2) is 0 Å². The quantitative estimate of drug-likeness (QED) is 0.512. The lowest BCUT2D eigenvalue weighted by atomic mass is 10.3. The molecule has 0 saturated heterocycles. The van der Waals surface area contributed by atoms with E-state index in [2.05, 4.69) is 0 Å². The van der Waals surface area contributed by atoms with Gasteiger partial charge in [-0.3, -0.25) is 4.57 Å². The Morgan fingerprint density at radius 3 is 2.40 bits per heavy atom. The van der Waals surface area contributed by atoms with Crippen molar-refractivity contribution < 1.29 is 14.4 Å². The minimum absolute atomic E-state index is 0.0216. The second kappa shape index (κ2) is 2.05. The molecule has 4 nitrogen and oxygen atoms in total. The van der Waals surface area contributed by atoms with Gasteiger partial charge in [-0.15, -0.1) is 0 Å². The molecule has 0 radical (unpaired) electrons. The minimum atomic E-state index is -4.03. The van der Waals surface area contributed by atoms with Crippen LogP contribution in [-0.4, -0.2) is 15.1 Å². The predicted molar refractivity (Wildman–Crippen MR) is 37.4 cm³/mol. The lowest BCUT2D eigenvalue weighted by molar-refractivity contribution is 0.350. The molecule has 1 aliphatic rings. The Morgan fingerprint density at radius 2 is 2.30 bits per heavy atom. The van der Waals surface area contributed by atoms with Gasteiger partial charge in [-0.2, -0.15) is 0 Å². The van der Waals surface area contributed by atoms with Crippen LogP contribution in [0.15, 0.2) is 0 Å². The molecule has 5 heteroatoms. The molecule has 4 N–H and O–H groups in total. The first kappa shape index (κ1) is 8.21. The first-order valence-corrected chi connectivity index (χ1v) is 4.87. The standard InChI is InChI=1S/C5H12NO3P/c1-2-4-3-5(4,6)10(7,8)9/h4H,2-3,6H2,1H3,(H2,7,8,9)/t4-,5-/m0/s1. The Hall–Kier alpha value is 0.110. The highest BCUT2D eigenvalue weighted by atomic mass is 31.2. The Kier molecular flexibility index (Phi) is 1.68. The second-order valence-corrected chi connectivity index (χ2v) is 4.77. The highest BCUT2D eigenvalue weighted by molar-refractivity contribution is 7.54. The first-order chi connectivity index (χ1) is 4.42. The third-order valence-corrected chi connectivity index (χ3v) is 3.79. The van der Waals surface area contributed by atoms with Crippen LogP contribution in [0.5, 0.6) is 0 Å². The topological polar surface area (TPSA) is 83.6 Å². The molecular formula is C5H12NO3P. The van der Waals surface area contributed by atoms with E-state index in [1.54, 1.807) is 0 Å². The van der Waals surface area contributed by atoms with Crippen molar-refractivity contribution >= 4 is 7.60 Å². The summed E-state index contributed by atoms with van der Waals surface area (Å²) < 4.78 is 10.7. The Bertz CT molecular complexity index is 189. The summed E-state index contributed by atoms with van der Waals surface area (Å²) in [6.07, 6.45) is 1.22. The molecular weight excluding hydrogens is 153 g/mol. The van der Waals surface area contributed by atoms with Crippen LogP contribution < -0.4 is 5.73 Å². The Morgan fingerprint density at radius 1 is 1.80 bits per heavy atom. The van der Waals surface area contributed by atoms with Gasteiger partial charge in [0.05, 0.1) is 0 Å². The van der Waals surface area contributed by atoms with E-state index >= 15 is 0 Å². The Balaban J connectivity index is 2.68. The van der Waals surface area contributed by atoms with Gasteiger partial charge in [0, 0.05) is 0 Å². The number of nitrogens with two attached hydrogens (primary N) is 1. The maximum absolute atomic E-state index is 10.7. The molecule has 0 aromatic carbocycles. The van der Waals surface area contributed by atoms with E-state index in [9.17, 15) is 4.57 Å². The van der Waals surface area contributed by atoms with Crippen molar-refractivity contribution in [3.05, 3.63) is 0 Å². The molecule has 0 spiro atoms. The molecule has 2 atom stereocenters. The normalized spacial score (nSPS) is 39.8. The fourth-order valence-electron chi connectivity index (χ4n) is 1.19. The Labute approximate surface area is 59.6 Å². The van der Waals surface area contributed by atoms with E-state index < -0.39 is 12.9 Å². The minimum Gasteiger partial charge on any atom is -0.323 e. The predicted octanol–water partition coefficient (Wildman–Crippen LogP) is 0.249. The summed E-state index contributed by atoms with van der Waals surface area (Å²) in [5.41, 5.74) is 5.42. The van der Waals surface area contributed by atoms with Crippen LogP contribution in [0.4, 0.5) is 0 Å². The lowest BCUT2D eigenvalue weighted by Gasteiger charge is -2.11. The SMILES string of the molecule is CC[C@H]1C[C@]1(N)P(=O)(O)O.